The minimum Gasteiger partial charge on any atom is -0.496 e. The summed E-state index contributed by atoms with van der Waals surface area (Å²) in [6, 6.07) is 7.86. The highest BCUT2D eigenvalue weighted by atomic mass is 32.2. The average Bonchev–Trinajstić information content (AvgIpc) is 3.04. The molecule has 6 nitrogen and oxygen atoms in total. The van der Waals surface area contributed by atoms with E-state index in [1.165, 1.54) is 0 Å². The normalized spacial score (nSPS) is 11.8. The molecule has 0 amide bonds. The zero-order chi connectivity index (χ0) is 20.0. The standard InChI is InChI=1S/C18H21N3O2S.C2H6O/c1-5-21-16-9-7-6-8-14(16)20-18(21)24(22)11-15-13(3)17(23-4)12(2)10-19-15;1-3-2/h6-10H,5,11H2,1-4H3;1-2H3. The number of rotatable bonds is 5. The van der Waals surface area contributed by atoms with Crippen LogP contribution in [0.25, 0.3) is 11.0 Å². The Morgan fingerprint density at radius 2 is 1.81 bits per heavy atom. The van der Waals surface area contributed by atoms with E-state index in [9.17, 15) is 4.21 Å². The summed E-state index contributed by atoms with van der Waals surface area (Å²) >= 11 is 0. The third-order valence-corrected chi connectivity index (χ3v) is 5.41. The molecule has 0 saturated carbocycles. The summed E-state index contributed by atoms with van der Waals surface area (Å²) in [5.74, 6) is 1.13. The second kappa shape index (κ2) is 9.62. The van der Waals surface area contributed by atoms with E-state index in [-0.39, 0.29) is 0 Å². The number of imidazole rings is 1. The van der Waals surface area contributed by atoms with Gasteiger partial charge in [0.15, 0.2) is 5.16 Å². The Labute approximate surface area is 163 Å². The van der Waals surface area contributed by atoms with E-state index in [4.69, 9.17) is 4.74 Å². The molecule has 0 N–H and O–H groups in total. The highest BCUT2D eigenvalue weighted by Crippen LogP contribution is 2.26. The van der Waals surface area contributed by atoms with Crippen LogP contribution >= 0.6 is 0 Å². The van der Waals surface area contributed by atoms with Gasteiger partial charge in [-0.1, -0.05) is 12.1 Å². The molecule has 0 saturated heterocycles. The summed E-state index contributed by atoms with van der Waals surface area (Å²) in [4.78, 5) is 9.02. The molecule has 0 aliphatic heterocycles. The summed E-state index contributed by atoms with van der Waals surface area (Å²) < 4.78 is 24.6. The van der Waals surface area contributed by atoms with Crippen LogP contribution in [0.15, 0.2) is 35.6 Å². The molecule has 3 rings (SSSR count). The van der Waals surface area contributed by atoms with E-state index in [0.717, 1.165) is 40.1 Å². The van der Waals surface area contributed by atoms with Gasteiger partial charge in [0, 0.05) is 38.1 Å². The van der Waals surface area contributed by atoms with Gasteiger partial charge >= 0.3 is 0 Å². The SMILES string of the molecule is CCn1c(S(=O)Cc2ncc(C)c(OC)c2C)nc2ccccc21.COC. The lowest BCUT2D eigenvalue weighted by molar-refractivity contribution is 0.277. The lowest BCUT2D eigenvalue weighted by Gasteiger charge is -2.12. The van der Waals surface area contributed by atoms with E-state index >= 15 is 0 Å². The van der Waals surface area contributed by atoms with Gasteiger partial charge in [0.2, 0.25) is 0 Å². The molecule has 0 aliphatic rings. The summed E-state index contributed by atoms with van der Waals surface area (Å²) in [6.07, 6.45) is 1.77. The number of pyridine rings is 1. The Kier molecular flexibility index (Phi) is 7.50. The number of fused-ring (bicyclic) bond motifs is 1. The van der Waals surface area contributed by atoms with Crippen LogP contribution in [0, 0.1) is 13.8 Å². The van der Waals surface area contributed by atoms with Gasteiger partial charge in [0.1, 0.15) is 5.75 Å². The minimum atomic E-state index is -1.27. The molecule has 1 aromatic carbocycles. The number of aromatic nitrogens is 3. The predicted molar refractivity (Wildman–Crippen MR) is 109 cm³/mol. The summed E-state index contributed by atoms with van der Waals surface area (Å²) in [6.45, 7) is 6.67. The van der Waals surface area contributed by atoms with E-state index in [1.54, 1.807) is 27.5 Å². The van der Waals surface area contributed by atoms with Gasteiger partial charge < -0.3 is 14.0 Å². The molecule has 3 aromatic rings. The molecule has 2 aromatic heterocycles. The van der Waals surface area contributed by atoms with Crippen molar-refractivity contribution in [3.63, 3.8) is 0 Å². The van der Waals surface area contributed by atoms with Crippen LogP contribution in [0.5, 0.6) is 5.75 Å². The fourth-order valence-corrected chi connectivity index (χ4v) is 4.28. The number of hydrogen-bond acceptors (Lipinski definition) is 5. The Morgan fingerprint density at radius 3 is 2.44 bits per heavy atom. The van der Waals surface area contributed by atoms with Crippen molar-refractivity contribution in [2.75, 3.05) is 21.3 Å². The Morgan fingerprint density at radius 1 is 1.15 bits per heavy atom. The smallest absolute Gasteiger partial charge is 0.200 e. The molecule has 1 unspecified atom stereocenters. The maximum atomic E-state index is 12.9. The number of methoxy groups -OCH3 is 2. The van der Waals surface area contributed by atoms with Gasteiger partial charge in [0.25, 0.3) is 0 Å². The maximum absolute atomic E-state index is 12.9. The lowest BCUT2D eigenvalue weighted by Crippen LogP contribution is -2.09. The van der Waals surface area contributed by atoms with Crippen LogP contribution in [-0.2, 0) is 27.8 Å². The molecule has 0 fully saturated rings. The second-order valence-electron chi connectivity index (χ2n) is 6.07. The fraction of sp³-hybridized carbons (Fsp3) is 0.400. The van der Waals surface area contributed by atoms with Crippen molar-refractivity contribution in [1.29, 1.82) is 0 Å². The molecule has 2 heterocycles. The van der Waals surface area contributed by atoms with Crippen LogP contribution in [0.2, 0.25) is 0 Å². The van der Waals surface area contributed by atoms with Crippen molar-refractivity contribution in [1.82, 2.24) is 14.5 Å². The molecule has 146 valence electrons. The van der Waals surface area contributed by atoms with E-state index in [0.29, 0.717) is 10.9 Å². The van der Waals surface area contributed by atoms with Crippen molar-refractivity contribution in [3.05, 3.63) is 47.3 Å². The topological polar surface area (TPSA) is 66.2 Å². The second-order valence-corrected chi connectivity index (χ2v) is 7.42. The number of ether oxygens (including phenoxy) is 2. The predicted octanol–water partition coefficient (Wildman–Crippen LogP) is 3.65. The number of aryl methyl sites for hydroxylation is 2. The number of nitrogens with zero attached hydrogens (tertiary/aromatic N) is 3. The highest BCUT2D eigenvalue weighted by molar-refractivity contribution is 7.84. The Bertz CT molecular complexity index is 938. The molecule has 0 aliphatic carbocycles. The molecular formula is C20H27N3O3S. The zero-order valence-corrected chi connectivity index (χ0v) is 17.6. The maximum Gasteiger partial charge on any atom is 0.200 e. The average molecular weight is 390 g/mol. The quantitative estimate of drug-likeness (QED) is 0.666. The first kappa shape index (κ1) is 21.1. The number of benzene rings is 1. The van der Waals surface area contributed by atoms with Crippen LogP contribution in [0.3, 0.4) is 0 Å². The molecule has 0 radical (unpaired) electrons. The van der Waals surface area contributed by atoms with Crippen LogP contribution in [0.1, 0.15) is 23.7 Å². The highest BCUT2D eigenvalue weighted by Gasteiger charge is 2.18. The van der Waals surface area contributed by atoms with Crippen molar-refractivity contribution >= 4 is 21.8 Å². The van der Waals surface area contributed by atoms with Gasteiger partial charge in [0.05, 0.1) is 40.4 Å². The summed E-state index contributed by atoms with van der Waals surface area (Å²) in [7, 11) is 3.62. The lowest BCUT2D eigenvalue weighted by atomic mass is 10.1. The van der Waals surface area contributed by atoms with Gasteiger partial charge in [-0.15, -0.1) is 0 Å². The third kappa shape index (κ3) is 4.54. The minimum absolute atomic E-state index is 0.325. The van der Waals surface area contributed by atoms with Gasteiger partial charge in [-0.2, -0.15) is 0 Å². The fourth-order valence-electron chi connectivity index (χ4n) is 2.94. The number of para-hydroxylation sites is 2. The summed E-state index contributed by atoms with van der Waals surface area (Å²) in [5, 5.41) is 0.597. The molecule has 0 spiro atoms. The molecule has 0 bridgehead atoms. The molecule has 7 heteroatoms. The largest absolute Gasteiger partial charge is 0.496 e. The summed E-state index contributed by atoms with van der Waals surface area (Å²) in [5.41, 5.74) is 4.57. The third-order valence-electron chi connectivity index (χ3n) is 4.16. The Balaban J connectivity index is 0.000000817. The number of hydrogen-bond donors (Lipinski definition) is 0. The first-order chi connectivity index (χ1) is 13.0. The van der Waals surface area contributed by atoms with Gasteiger partial charge in [-0.05, 0) is 32.9 Å². The van der Waals surface area contributed by atoms with Crippen molar-refractivity contribution in [2.45, 2.75) is 38.2 Å². The molecule has 1 atom stereocenters. The van der Waals surface area contributed by atoms with E-state index in [1.807, 2.05) is 49.6 Å². The molecular weight excluding hydrogens is 362 g/mol. The van der Waals surface area contributed by atoms with Crippen molar-refractivity contribution in [3.8, 4) is 5.75 Å². The monoisotopic (exact) mass is 389 g/mol. The first-order valence-electron chi connectivity index (χ1n) is 8.71. The first-order valence-corrected chi connectivity index (χ1v) is 10.0. The van der Waals surface area contributed by atoms with Crippen LogP contribution in [-0.4, -0.2) is 40.1 Å². The van der Waals surface area contributed by atoms with Gasteiger partial charge in [-0.25, -0.2) is 4.98 Å². The van der Waals surface area contributed by atoms with Crippen molar-refractivity contribution in [2.24, 2.45) is 0 Å². The van der Waals surface area contributed by atoms with Gasteiger partial charge in [-0.3, -0.25) is 9.19 Å². The Hall–Kier alpha value is -2.25. The van der Waals surface area contributed by atoms with E-state index in [2.05, 4.69) is 14.7 Å². The van der Waals surface area contributed by atoms with E-state index < -0.39 is 10.8 Å². The van der Waals surface area contributed by atoms with Crippen LogP contribution < -0.4 is 4.74 Å². The van der Waals surface area contributed by atoms with Crippen molar-refractivity contribution < 1.29 is 13.7 Å². The van der Waals surface area contributed by atoms with Crippen LogP contribution in [0.4, 0.5) is 0 Å². The zero-order valence-electron chi connectivity index (χ0n) is 16.8. The molecule has 27 heavy (non-hydrogen) atoms.